The summed E-state index contributed by atoms with van der Waals surface area (Å²) in [6, 6.07) is 7.83. The summed E-state index contributed by atoms with van der Waals surface area (Å²) >= 11 is 3.47. The van der Waals surface area contributed by atoms with Gasteiger partial charge in [-0.2, -0.15) is 0 Å². The molecule has 1 amide bonds. The highest BCUT2D eigenvalue weighted by Crippen LogP contribution is 2.21. The Morgan fingerprint density at radius 2 is 1.89 bits per heavy atom. The molecular weight excluding hydrogens is 306 g/mol. The van der Waals surface area contributed by atoms with Crippen LogP contribution in [-0.4, -0.2) is 5.91 Å². The van der Waals surface area contributed by atoms with E-state index in [1.165, 1.54) is 0 Å². The first-order valence-corrected chi connectivity index (χ1v) is 6.88. The Bertz CT molecular complexity index is 617. The number of nitrogens with one attached hydrogen (secondary N) is 1. The first kappa shape index (κ1) is 13.9. The van der Waals surface area contributed by atoms with Gasteiger partial charge in [-0.25, -0.2) is 0 Å². The lowest BCUT2D eigenvalue weighted by molar-refractivity contribution is 0.0949. The second-order valence-electron chi connectivity index (χ2n) is 4.49. The van der Waals surface area contributed by atoms with Gasteiger partial charge in [0, 0.05) is 16.6 Å². The molecule has 2 aromatic rings. The van der Waals surface area contributed by atoms with Gasteiger partial charge in [-0.15, -0.1) is 0 Å². The molecule has 0 aliphatic heterocycles. The molecule has 19 heavy (non-hydrogen) atoms. The second kappa shape index (κ2) is 5.61. The van der Waals surface area contributed by atoms with E-state index in [2.05, 4.69) is 21.2 Å². The maximum absolute atomic E-state index is 12.2. The van der Waals surface area contributed by atoms with E-state index in [4.69, 9.17) is 4.42 Å². The number of furan rings is 1. The zero-order valence-electron chi connectivity index (χ0n) is 11.2. The van der Waals surface area contributed by atoms with Crippen molar-refractivity contribution in [2.75, 3.05) is 0 Å². The molecule has 1 aromatic carbocycles. The average Bonchev–Trinajstić information content (AvgIpc) is 2.62. The molecule has 1 aromatic heterocycles. The minimum atomic E-state index is -0.0948. The number of aryl methyl sites for hydroxylation is 2. The molecule has 3 nitrogen and oxygen atoms in total. The summed E-state index contributed by atoms with van der Waals surface area (Å²) in [4.78, 5) is 12.2. The predicted molar refractivity (Wildman–Crippen MR) is 78.2 cm³/mol. The molecule has 0 saturated carbocycles. The summed E-state index contributed by atoms with van der Waals surface area (Å²) in [6.07, 6.45) is 0. The zero-order chi connectivity index (χ0) is 14.0. The smallest absolute Gasteiger partial charge is 0.255 e. The highest BCUT2D eigenvalue weighted by molar-refractivity contribution is 9.10. The molecule has 0 aliphatic carbocycles. The van der Waals surface area contributed by atoms with Crippen LogP contribution in [0.25, 0.3) is 0 Å². The molecule has 0 radical (unpaired) electrons. The van der Waals surface area contributed by atoms with Crippen LogP contribution in [0.3, 0.4) is 0 Å². The van der Waals surface area contributed by atoms with Crippen LogP contribution in [0, 0.1) is 20.8 Å². The topological polar surface area (TPSA) is 42.2 Å². The maximum atomic E-state index is 12.2. The van der Waals surface area contributed by atoms with E-state index in [-0.39, 0.29) is 5.91 Å². The van der Waals surface area contributed by atoms with Crippen molar-refractivity contribution in [1.82, 2.24) is 5.32 Å². The predicted octanol–water partition coefficient (Wildman–Crippen LogP) is 3.90. The van der Waals surface area contributed by atoms with E-state index >= 15 is 0 Å². The van der Waals surface area contributed by atoms with Crippen molar-refractivity contribution in [3.05, 3.63) is 56.9 Å². The van der Waals surface area contributed by atoms with Gasteiger partial charge in [0.05, 0.1) is 5.56 Å². The summed E-state index contributed by atoms with van der Waals surface area (Å²) in [5, 5.41) is 2.92. The number of rotatable bonds is 3. The highest BCUT2D eigenvalue weighted by Gasteiger charge is 2.18. The molecule has 0 bridgehead atoms. The quantitative estimate of drug-likeness (QED) is 0.931. The molecule has 1 N–H and O–H groups in total. The molecule has 0 saturated heterocycles. The third-order valence-corrected chi connectivity index (χ3v) is 3.96. The normalized spacial score (nSPS) is 10.5. The molecule has 0 fully saturated rings. The number of amides is 1. The lowest BCUT2D eigenvalue weighted by Gasteiger charge is -2.07. The van der Waals surface area contributed by atoms with Crippen LogP contribution in [-0.2, 0) is 6.54 Å². The summed E-state index contributed by atoms with van der Waals surface area (Å²) in [5.41, 5.74) is 2.60. The Labute approximate surface area is 121 Å². The minimum Gasteiger partial charge on any atom is -0.466 e. The van der Waals surface area contributed by atoms with Crippen molar-refractivity contribution >= 4 is 21.8 Å². The largest absolute Gasteiger partial charge is 0.466 e. The molecule has 100 valence electrons. The van der Waals surface area contributed by atoms with E-state index in [0.717, 1.165) is 21.4 Å². The lowest BCUT2D eigenvalue weighted by Crippen LogP contribution is -2.23. The zero-order valence-corrected chi connectivity index (χ0v) is 12.8. The van der Waals surface area contributed by atoms with Gasteiger partial charge in [-0.3, -0.25) is 4.79 Å². The minimum absolute atomic E-state index is 0.0948. The number of carbonyl (C=O) groups excluding carboxylic acids is 1. The molecule has 0 aliphatic rings. The Kier molecular flexibility index (Phi) is 4.10. The first-order chi connectivity index (χ1) is 9.00. The van der Waals surface area contributed by atoms with Gasteiger partial charge in [-0.05, 0) is 32.4 Å². The van der Waals surface area contributed by atoms with Crippen LogP contribution >= 0.6 is 15.9 Å². The number of hydrogen-bond donors (Lipinski definition) is 1. The van der Waals surface area contributed by atoms with Gasteiger partial charge in [0.2, 0.25) is 0 Å². The monoisotopic (exact) mass is 321 g/mol. The Morgan fingerprint density at radius 3 is 2.47 bits per heavy atom. The van der Waals surface area contributed by atoms with Crippen molar-refractivity contribution < 1.29 is 9.21 Å². The van der Waals surface area contributed by atoms with Crippen molar-refractivity contribution in [3.63, 3.8) is 0 Å². The van der Waals surface area contributed by atoms with Crippen molar-refractivity contribution in [3.8, 4) is 0 Å². The van der Waals surface area contributed by atoms with Crippen LogP contribution in [0.1, 0.15) is 33.0 Å². The molecule has 4 heteroatoms. The average molecular weight is 322 g/mol. The van der Waals surface area contributed by atoms with Gasteiger partial charge in [0.15, 0.2) is 0 Å². The van der Waals surface area contributed by atoms with Crippen LogP contribution in [0.4, 0.5) is 0 Å². The number of halogens is 1. The van der Waals surface area contributed by atoms with Crippen molar-refractivity contribution in [2.45, 2.75) is 27.3 Å². The fraction of sp³-hybridized carbons (Fsp3) is 0.267. The standard InChI is InChI=1S/C15H16BrNO2/c1-9-10(2)19-11(3)14(9)15(18)17-8-12-6-4-5-7-13(12)16/h4-7H,8H2,1-3H3,(H,17,18). The summed E-state index contributed by atoms with van der Waals surface area (Å²) in [5.74, 6) is 1.37. The van der Waals surface area contributed by atoms with Gasteiger partial charge in [0.25, 0.3) is 5.91 Å². The number of carbonyl (C=O) groups is 1. The van der Waals surface area contributed by atoms with Gasteiger partial charge in [0.1, 0.15) is 11.5 Å². The summed E-state index contributed by atoms with van der Waals surface area (Å²) in [6.45, 7) is 6.07. The van der Waals surface area contributed by atoms with E-state index in [0.29, 0.717) is 17.9 Å². The molecular formula is C15H16BrNO2. The summed E-state index contributed by atoms with van der Waals surface area (Å²) in [7, 11) is 0. The number of hydrogen-bond acceptors (Lipinski definition) is 2. The van der Waals surface area contributed by atoms with Crippen molar-refractivity contribution in [1.29, 1.82) is 0 Å². The third kappa shape index (κ3) is 2.89. The molecule has 0 unspecified atom stereocenters. The molecule has 0 atom stereocenters. The molecule has 0 spiro atoms. The molecule has 2 rings (SSSR count). The highest BCUT2D eigenvalue weighted by atomic mass is 79.9. The maximum Gasteiger partial charge on any atom is 0.255 e. The van der Waals surface area contributed by atoms with E-state index < -0.39 is 0 Å². The van der Waals surface area contributed by atoms with Gasteiger partial charge >= 0.3 is 0 Å². The SMILES string of the molecule is Cc1oc(C)c(C(=O)NCc2ccccc2Br)c1C. The summed E-state index contributed by atoms with van der Waals surface area (Å²) < 4.78 is 6.46. The fourth-order valence-corrected chi connectivity index (χ4v) is 2.46. The van der Waals surface area contributed by atoms with Crippen molar-refractivity contribution in [2.24, 2.45) is 0 Å². The van der Waals surface area contributed by atoms with E-state index in [1.807, 2.05) is 45.0 Å². The Balaban J connectivity index is 2.12. The third-order valence-electron chi connectivity index (χ3n) is 3.19. The van der Waals surface area contributed by atoms with E-state index in [1.54, 1.807) is 0 Å². The lowest BCUT2D eigenvalue weighted by atomic mass is 10.1. The van der Waals surface area contributed by atoms with Crippen LogP contribution < -0.4 is 5.32 Å². The van der Waals surface area contributed by atoms with Crippen LogP contribution in [0.5, 0.6) is 0 Å². The van der Waals surface area contributed by atoms with Gasteiger partial charge in [-0.1, -0.05) is 34.1 Å². The van der Waals surface area contributed by atoms with Gasteiger partial charge < -0.3 is 9.73 Å². The Hall–Kier alpha value is -1.55. The molecule has 1 heterocycles. The van der Waals surface area contributed by atoms with Crippen LogP contribution in [0.15, 0.2) is 33.2 Å². The number of benzene rings is 1. The van der Waals surface area contributed by atoms with E-state index in [9.17, 15) is 4.79 Å². The first-order valence-electron chi connectivity index (χ1n) is 6.09. The second-order valence-corrected chi connectivity index (χ2v) is 5.34. The fourth-order valence-electron chi connectivity index (χ4n) is 2.03. The van der Waals surface area contributed by atoms with Crippen LogP contribution in [0.2, 0.25) is 0 Å². The Morgan fingerprint density at radius 1 is 1.21 bits per heavy atom.